The molecule has 0 N–H and O–H groups in total. The van der Waals surface area contributed by atoms with Crippen molar-refractivity contribution in [1.29, 1.82) is 0 Å². The van der Waals surface area contributed by atoms with Gasteiger partial charge in [-0.2, -0.15) is 0 Å². The summed E-state index contributed by atoms with van der Waals surface area (Å²) in [5.74, 6) is -0.223. The Labute approximate surface area is 269 Å². The predicted octanol–water partition coefficient (Wildman–Crippen LogP) is 8.30. The van der Waals surface area contributed by atoms with E-state index in [1.54, 1.807) is 32.5 Å². The number of thioether (sulfide) groups is 2. The third-order valence-electron chi connectivity index (χ3n) is 8.08. The summed E-state index contributed by atoms with van der Waals surface area (Å²) < 4.78 is 1.13. The Morgan fingerprint density at radius 1 is 0.683 bits per heavy atom. The lowest BCUT2D eigenvalue weighted by Gasteiger charge is -2.28. The van der Waals surface area contributed by atoms with E-state index in [4.69, 9.17) is 34.4 Å². The molecule has 0 spiro atoms. The van der Waals surface area contributed by atoms with Crippen molar-refractivity contribution < 1.29 is 9.59 Å². The lowest BCUT2D eigenvalue weighted by Crippen LogP contribution is -2.29. The minimum absolute atomic E-state index is 0.112. The molecule has 3 aromatic heterocycles. The fraction of sp³-hybridized carbons (Fsp3) is 0.357. The van der Waals surface area contributed by atoms with Crippen LogP contribution in [0.5, 0.6) is 0 Å². The Morgan fingerprint density at radius 3 is 1.41 bits per heavy atom. The molecule has 0 unspecified atom stereocenters. The first kappa shape index (κ1) is 28.1. The second-order valence-corrected chi connectivity index (χ2v) is 17.4. The summed E-state index contributed by atoms with van der Waals surface area (Å²) in [6.07, 6.45) is 0. The lowest BCUT2D eigenvalue weighted by molar-refractivity contribution is -0.120. The van der Waals surface area contributed by atoms with Crippen molar-refractivity contribution >= 4 is 123 Å². The molecule has 41 heavy (non-hydrogen) atoms. The summed E-state index contributed by atoms with van der Waals surface area (Å²) in [7, 11) is 0. The van der Waals surface area contributed by atoms with Crippen LogP contribution in [0.15, 0.2) is 22.1 Å². The molecule has 2 saturated heterocycles. The van der Waals surface area contributed by atoms with Gasteiger partial charge in [-0.15, -0.1) is 34.0 Å². The van der Waals surface area contributed by atoms with Crippen molar-refractivity contribution in [3.8, 4) is 19.5 Å². The molecular formula is C28H24N4O2S7. The van der Waals surface area contributed by atoms with Crippen molar-refractivity contribution in [2.45, 2.75) is 52.4 Å². The van der Waals surface area contributed by atoms with Gasteiger partial charge in [-0.25, -0.2) is 9.98 Å². The molecular weight excluding hydrogens is 649 g/mol. The van der Waals surface area contributed by atoms with Gasteiger partial charge in [0.05, 0.1) is 9.75 Å². The van der Waals surface area contributed by atoms with E-state index in [9.17, 15) is 9.59 Å². The number of hydrogen-bond acceptors (Lipinski definition) is 11. The maximum absolute atomic E-state index is 12.8. The van der Waals surface area contributed by atoms with Gasteiger partial charge in [-0.05, 0) is 71.8 Å². The van der Waals surface area contributed by atoms with Gasteiger partial charge in [-0.1, -0.05) is 52.1 Å². The highest BCUT2D eigenvalue weighted by Gasteiger charge is 2.50. The molecule has 2 aliphatic heterocycles. The summed E-state index contributed by atoms with van der Waals surface area (Å²) in [5, 5.41) is 2.57. The normalized spacial score (nSPS) is 22.0. The Bertz CT molecular complexity index is 1690. The van der Waals surface area contributed by atoms with Gasteiger partial charge in [0.25, 0.3) is 11.8 Å². The van der Waals surface area contributed by atoms with Gasteiger partial charge in [0, 0.05) is 33.7 Å². The number of carbonyl (C=O) groups is 2. The van der Waals surface area contributed by atoms with Crippen molar-refractivity contribution in [3.63, 3.8) is 0 Å². The molecule has 4 aliphatic rings. The van der Waals surface area contributed by atoms with Crippen LogP contribution in [0.1, 0.15) is 63.8 Å². The van der Waals surface area contributed by atoms with Crippen LogP contribution in [0, 0.1) is 0 Å². The average molecular weight is 673 g/mol. The minimum atomic E-state index is -0.193. The molecule has 0 bridgehead atoms. The molecule has 2 aliphatic carbocycles. The highest BCUT2D eigenvalue weighted by atomic mass is 32.2. The van der Waals surface area contributed by atoms with Crippen LogP contribution < -0.4 is 0 Å². The number of amides is 2. The zero-order valence-corrected chi connectivity index (χ0v) is 28.7. The minimum Gasteiger partial charge on any atom is -0.292 e. The van der Waals surface area contributed by atoms with Crippen LogP contribution in [0.2, 0.25) is 0 Å². The van der Waals surface area contributed by atoms with E-state index in [0.29, 0.717) is 31.8 Å². The van der Waals surface area contributed by atoms with E-state index in [1.807, 2.05) is 25.2 Å². The molecule has 7 rings (SSSR count). The monoisotopic (exact) mass is 672 g/mol. The summed E-state index contributed by atoms with van der Waals surface area (Å²) in [5.41, 5.74) is 4.94. The van der Waals surface area contributed by atoms with Crippen LogP contribution in [0.25, 0.3) is 19.5 Å². The summed E-state index contributed by atoms with van der Waals surface area (Å²) in [6, 6.07) is 4.31. The first-order chi connectivity index (χ1) is 19.4. The van der Waals surface area contributed by atoms with Gasteiger partial charge >= 0.3 is 0 Å². The second-order valence-electron chi connectivity index (χ2n) is 11.1. The molecule has 0 radical (unpaired) electrons. The van der Waals surface area contributed by atoms with E-state index in [-0.39, 0.29) is 22.6 Å². The molecule has 3 aromatic rings. The molecule has 0 saturated carbocycles. The molecule has 5 heterocycles. The smallest absolute Gasteiger partial charge is 0.285 e. The molecule has 13 heteroatoms. The zero-order valence-electron chi connectivity index (χ0n) is 23.0. The van der Waals surface area contributed by atoms with Gasteiger partial charge in [-0.3, -0.25) is 19.4 Å². The third-order valence-corrected chi connectivity index (χ3v) is 14.3. The van der Waals surface area contributed by atoms with Crippen molar-refractivity contribution in [3.05, 3.63) is 34.4 Å². The lowest BCUT2D eigenvalue weighted by atomic mass is 9.74. The number of thiocarbonyl (C=S) groups is 2. The number of nitrogens with zero attached hydrogens (tertiary/aromatic N) is 4. The van der Waals surface area contributed by atoms with E-state index < -0.39 is 0 Å². The van der Waals surface area contributed by atoms with E-state index in [2.05, 4.69) is 39.8 Å². The Kier molecular flexibility index (Phi) is 6.42. The van der Waals surface area contributed by atoms with E-state index in [1.165, 1.54) is 65.3 Å². The summed E-state index contributed by atoms with van der Waals surface area (Å²) >= 11 is 18.5. The average Bonchev–Trinajstić information content (AvgIpc) is 3.72. The second kappa shape index (κ2) is 9.38. The Balaban J connectivity index is 1.29. The van der Waals surface area contributed by atoms with Crippen molar-refractivity contribution in [1.82, 2.24) is 9.80 Å². The van der Waals surface area contributed by atoms with Crippen LogP contribution in [0.4, 0.5) is 10.0 Å². The first-order valence-corrected chi connectivity index (χ1v) is 18.0. The standard InChI is InChI=1S/C28H24N4O2S7/c1-7-31-23(33)21(40-25(31)35)29-13-9-11-17(37-13)19-15(27(11,3)4)16-20(39-19)18-12(28(16,5)6)10-14(38-18)30-22-24(34)32(8-2)26(36)41-22/h9-10H,7-8H2,1-6H3. The van der Waals surface area contributed by atoms with Crippen molar-refractivity contribution in [2.24, 2.45) is 9.98 Å². The Hall–Kier alpha value is -1.74. The molecule has 0 aromatic carbocycles. The van der Waals surface area contributed by atoms with Gasteiger partial charge in [0.2, 0.25) is 0 Å². The topological polar surface area (TPSA) is 65.3 Å². The fourth-order valence-electron chi connectivity index (χ4n) is 5.99. The van der Waals surface area contributed by atoms with Crippen molar-refractivity contribution in [2.75, 3.05) is 13.1 Å². The number of carbonyl (C=O) groups excluding carboxylic acids is 2. The highest BCUT2D eigenvalue weighted by Crippen LogP contribution is 2.67. The maximum atomic E-state index is 12.8. The largest absolute Gasteiger partial charge is 0.292 e. The number of rotatable bonds is 4. The zero-order chi connectivity index (χ0) is 29.2. The van der Waals surface area contributed by atoms with E-state index in [0.717, 1.165) is 10.0 Å². The molecule has 6 nitrogen and oxygen atoms in total. The third kappa shape index (κ3) is 3.85. The van der Waals surface area contributed by atoms with Crippen LogP contribution in [0.3, 0.4) is 0 Å². The van der Waals surface area contributed by atoms with Crippen LogP contribution in [-0.2, 0) is 20.4 Å². The fourth-order valence-corrected chi connectivity index (χ4v) is 13.0. The predicted molar refractivity (Wildman–Crippen MR) is 185 cm³/mol. The number of hydrogen-bond donors (Lipinski definition) is 0. The van der Waals surface area contributed by atoms with E-state index >= 15 is 0 Å². The summed E-state index contributed by atoms with van der Waals surface area (Å²) in [4.78, 5) is 43.3. The maximum Gasteiger partial charge on any atom is 0.285 e. The number of thiophene rings is 3. The highest BCUT2D eigenvalue weighted by molar-refractivity contribution is 8.35. The number of fused-ring (bicyclic) bond motifs is 7. The summed E-state index contributed by atoms with van der Waals surface area (Å²) in [6.45, 7) is 14.1. The molecule has 210 valence electrons. The first-order valence-electron chi connectivity index (χ1n) is 13.1. The SMILES string of the molecule is CCN1C(=O)C(=Nc2cc3c(s2)-c2sc4c(c2C3(C)C)C(C)(C)c2cc(N=C3SC(=S)N(CC)C3=O)sc2-4)SC1=S. The molecule has 0 atom stereocenters. The van der Waals surface area contributed by atoms with Gasteiger partial charge in [0.15, 0.2) is 10.1 Å². The quantitative estimate of drug-likeness (QED) is 0.260. The van der Waals surface area contributed by atoms with Crippen LogP contribution >= 0.6 is 82.0 Å². The molecule has 2 fully saturated rings. The molecule has 2 amide bonds. The van der Waals surface area contributed by atoms with Gasteiger partial charge < -0.3 is 0 Å². The van der Waals surface area contributed by atoms with Gasteiger partial charge in [0.1, 0.15) is 18.6 Å². The Morgan fingerprint density at radius 2 is 1.07 bits per heavy atom. The number of aliphatic imine (C=N–C) groups is 2. The van der Waals surface area contributed by atoms with Crippen LogP contribution in [-0.4, -0.2) is 53.4 Å².